The van der Waals surface area contributed by atoms with Crippen molar-refractivity contribution in [2.24, 2.45) is 0 Å². The number of ether oxygens (including phenoxy) is 2. The zero-order chi connectivity index (χ0) is 14.3. The first kappa shape index (κ1) is 15.4. The van der Waals surface area contributed by atoms with Gasteiger partial charge in [0.25, 0.3) is 5.91 Å². The molecule has 0 saturated heterocycles. The Labute approximate surface area is 118 Å². The average Bonchev–Trinajstić information content (AvgIpc) is 2.42. The van der Waals surface area contributed by atoms with Crippen LogP contribution >= 0.6 is 11.6 Å². The first-order chi connectivity index (χ1) is 9.13. The molecule has 5 heteroatoms. The van der Waals surface area contributed by atoms with Crippen molar-refractivity contribution in [1.29, 1.82) is 0 Å². The molecule has 0 radical (unpaired) electrons. The number of hydrogen-bond donors (Lipinski definition) is 1. The van der Waals surface area contributed by atoms with E-state index in [1.165, 1.54) is 14.2 Å². The fraction of sp³-hybridized carbons (Fsp3) is 0.357. The fourth-order valence-corrected chi connectivity index (χ4v) is 1.87. The van der Waals surface area contributed by atoms with Gasteiger partial charge in [-0.15, -0.1) is 0 Å². The highest BCUT2D eigenvalue weighted by Crippen LogP contribution is 2.35. The summed E-state index contributed by atoms with van der Waals surface area (Å²) in [6.45, 7) is 2.52. The number of amides is 1. The number of halogens is 1. The Kier molecular flexibility index (Phi) is 6.22. The highest BCUT2D eigenvalue weighted by Gasteiger charge is 2.14. The molecule has 1 aromatic carbocycles. The van der Waals surface area contributed by atoms with Crippen LogP contribution in [0.4, 0.5) is 0 Å². The molecule has 1 N–H and O–H groups in total. The summed E-state index contributed by atoms with van der Waals surface area (Å²) in [7, 11) is 3.00. The maximum absolute atomic E-state index is 11.9. The Hall–Kier alpha value is -1.68. The van der Waals surface area contributed by atoms with E-state index in [0.717, 1.165) is 6.42 Å². The van der Waals surface area contributed by atoms with Gasteiger partial charge in [0.05, 0.1) is 19.2 Å². The van der Waals surface area contributed by atoms with E-state index in [1.54, 1.807) is 12.1 Å². The van der Waals surface area contributed by atoms with Gasteiger partial charge >= 0.3 is 0 Å². The molecule has 0 aromatic heterocycles. The number of allylic oxidation sites excluding steroid dienone is 1. The third-order valence-electron chi connectivity index (χ3n) is 2.53. The minimum atomic E-state index is -0.188. The molecule has 0 fully saturated rings. The van der Waals surface area contributed by atoms with Crippen LogP contribution in [0.25, 0.3) is 0 Å². The minimum Gasteiger partial charge on any atom is -0.493 e. The Morgan fingerprint density at radius 3 is 2.68 bits per heavy atom. The van der Waals surface area contributed by atoms with Crippen molar-refractivity contribution >= 4 is 17.5 Å². The Balaban J connectivity index is 2.83. The predicted octanol–water partition coefficient (Wildman–Crippen LogP) is 3.05. The van der Waals surface area contributed by atoms with Gasteiger partial charge in [0.2, 0.25) is 0 Å². The SMILES string of the molecule is C/C=C/CCNC(=O)c1cc(Cl)c(OC)c(OC)c1. The first-order valence-corrected chi connectivity index (χ1v) is 6.32. The van der Waals surface area contributed by atoms with E-state index in [4.69, 9.17) is 21.1 Å². The third-order valence-corrected chi connectivity index (χ3v) is 2.81. The number of nitrogens with one attached hydrogen (secondary N) is 1. The topological polar surface area (TPSA) is 47.6 Å². The maximum atomic E-state index is 11.9. The van der Waals surface area contributed by atoms with Crippen LogP contribution in [0.5, 0.6) is 11.5 Å². The van der Waals surface area contributed by atoms with Crippen LogP contribution in [0.2, 0.25) is 5.02 Å². The molecule has 0 aliphatic carbocycles. The summed E-state index contributed by atoms with van der Waals surface area (Å²) in [6.07, 6.45) is 4.73. The molecule has 0 atom stereocenters. The zero-order valence-electron chi connectivity index (χ0n) is 11.3. The van der Waals surface area contributed by atoms with Crippen LogP contribution in [0.3, 0.4) is 0 Å². The van der Waals surface area contributed by atoms with Gasteiger partial charge in [-0.2, -0.15) is 0 Å². The standard InChI is InChI=1S/C14H18ClNO3/c1-4-5-6-7-16-14(17)10-8-11(15)13(19-3)12(9-10)18-2/h4-5,8-9H,6-7H2,1-3H3,(H,16,17)/b5-4+. The zero-order valence-corrected chi connectivity index (χ0v) is 12.1. The van der Waals surface area contributed by atoms with Crippen molar-refractivity contribution in [3.05, 3.63) is 34.9 Å². The predicted molar refractivity (Wildman–Crippen MR) is 76.3 cm³/mol. The normalized spacial score (nSPS) is 10.5. The smallest absolute Gasteiger partial charge is 0.251 e. The molecule has 4 nitrogen and oxygen atoms in total. The monoisotopic (exact) mass is 283 g/mol. The van der Waals surface area contributed by atoms with Gasteiger partial charge in [-0.05, 0) is 25.5 Å². The summed E-state index contributed by atoms with van der Waals surface area (Å²) in [5, 5.41) is 3.15. The second kappa shape index (κ2) is 7.69. The Bertz CT molecular complexity index is 472. The van der Waals surface area contributed by atoms with Gasteiger partial charge in [0.1, 0.15) is 0 Å². The lowest BCUT2D eigenvalue weighted by molar-refractivity contribution is 0.0954. The van der Waals surface area contributed by atoms with E-state index in [9.17, 15) is 4.79 Å². The molecule has 0 saturated carbocycles. The van der Waals surface area contributed by atoms with Crippen LogP contribution in [0, 0.1) is 0 Å². The lowest BCUT2D eigenvalue weighted by atomic mass is 10.2. The molecule has 1 rings (SSSR count). The minimum absolute atomic E-state index is 0.188. The molecule has 0 aliphatic heterocycles. The number of benzene rings is 1. The lowest BCUT2D eigenvalue weighted by Crippen LogP contribution is -2.24. The molecule has 0 heterocycles. The summed E-state index contributed by atoms with van der Waals surface area (Å²) < 4.78 is 10.3. The molecular formula is C14H18ClNO3. The van der Waals surface area contributed by atoms with E-state index < -0.39 is 0 Å². The molecule has 0 unspecified atom stereocenters. The average molecular weight is 284 g/mol. The second-order valence-electron chi connectivity index (χ2n) is 3.81. The van der Waals surface area contributed by atoms with Gasteiger partial charge < -0.3 is 14.8 Å². The van der Waals surface area contributed by atoms with Crippen LogP contribution in [0.1, 0.15) is 23.7 Å². The first-order valence-electron chi connectivity index (χ1n) is 5.95. The lowest BCUT2D eigenvalue weighted by Gasteiger charge is -2.11. The third kappa shape index (κ3) is 4.17. The quantitative estimate of drug-likeness (QED) is 0.645. The van der Waals surface area contributed by atoms with Crippen molar-refractivity contribution in [3.8, 4) is 11.5 Å². The molecular weight excluding hydrogens is 266 g/mol. The van der Waals surface area contributed by atoms with E-state index in [1.807, 2.05) is 19.1 Å². The highest BCUT2D eigenvalue weighted by atomic mass is 35.5. The summed E-state index contributed by atoms with van der Waals surface area (Å²) in [5.41, 5.74) is 0.447. The van der Waals surface area contributed by atoms with Crippen LogP contribution in [0.15, 0.2) is 24.3 Å². The van der Waals surface area contributed by atoms with E-state index >= 15 is 0 Å². The highest BCUT2D eigenvalue weighted by molar-refractivity contribution is 6.32. The van der Waals surface area contributed by atoms with Gasteiger partial charge in [0.15, 0.2) is 11.5 Å². The van der Waals surface area contributed by atoms with Crippen LogP contribution in [-0.4, -0.2) is 26.7 Å². The maximum Gasteiger partial charge on any atom is 0.251 e. The van der Waals surface area contributed by atoms with Gasteiger partial charge in [-0.25, -0.2) is 0 Å². The second-order valence-corrected chi connectivity index (χ2v) is 4.21. The summed E-state index contributed by atoms with van der Waals surface area (Å²) in [6, 6.07) is 3.17. The number of hydrogen-bond acceptors (Lipinski definition) is 3. The van der Waals surface area contributed by atoms with Crippen molar-refractivity contribution in [1.82, 2.24) is 5.32 Å². The summed E-state index contributed by atoms with van der Waals surface area (Å²) >= 11 is 6.05. The summed E-state index contributed by atoms with van der Waals surface area (Å²) in [4.78, 5) is 11.9. The Morgan fingerprint density at radius 2 is 2.11 bits per heavy atom. The van der Waals surface area contributed by atoms with Crippen LogP contribution < -0.4 is 14.8 Å². The van der Waals surface area contributed by atoms with Gasteiger partial charge in [0, 0.05) is 12.1 Å². The molecule has 1 aromatic rings. The van der Waals surface area contributed by atoms with E-state index in [0.29, 0.717) is 28.6 Å². The Morgan fingerprint density at radius 1 is 1.37 bits per heavy atom. The van der Waals surface area contributed by atoms with Gasteiger partial charge in [-0.1, -0.05) is 23.8 Å². The number of carbonyl (C=O) groups excluding carboxylic acids is 1. The van der Waals surface area contributed by atoms with E-state index in [-0.39, 0.29) is 5.91 Å². The largest absolute Gasteiger partial charge is 0.493 e. The molecule has 104 valence electrons. The molecule has 1 amide bonds. The molecule has 0 spiro atoms. The van der Waals surface area contributed by atoms with E-state index in [2.05, 4.69) is 5.32 Å². The molecule has 0 aliphatic rings. The van der Waals surface area contributed by atoms with Crippen molar-refractivity contribution in [2.45, 2.75) is 13.3 Å². The number of methoxy groups -OCH3 is 2. The fourth-order valence-electron chi connectivity index (χ4n) is 1.59. The van der Waals surface area contributed by atoms with Crippen LogP contribution in [-0.2, 0) is 0 Å². The molecule has 19 heavy (non-hydrogen) atoms. The number of rotatable bonds is 6. The van der Waals surface area contributed by atoms with Crippen molar-refractivity contribution in [2.75, 3.05) is 20.8 Å². The van der Waals surface area contributed by atoms with Gasteiger partial charge in [-0.3, -0.25) is 4.79 Å². The molecule has 0 bridgehead atoms. The van der Waals surface area contributed by atoms with Crippen molar-refractivity contribution < 1.29 is 14.3 Å². The summed E-state index contributed by atoms with van der Waals surface area (Å²) in [5.74, 6) is 0.676. The van der Waals surface area contributed by atoms with Crippen molar-refractivity contribution in [3.63, 3.8) is 0 Å². The number of carbonyl (C=O) groups is 1.